The number of hydrogen-bond donors (Lipinski definition) is 2. The summed E-state index contributed by atoms with van der Waals surface area (Å²) in [5, 5.41) is 5.28. The smallest absolute Gasteiger partial charge is 0.231 e. The molecule has 0 aliphatic carbocycles. The van der Waals surface area contributed by atoms with E-state index in [0.29, 0.717) is 5.92 Å². The number of nitrogens with two attached hydrogens (primary N) is 1. The third kappa shape index (κ3) is 4.69. The molecule has 0 radical (unpaired) electrons. The number of amides is 1. The Kier molecular flexibility index (Phi) is 5.53. The Hall–Kier alpha value is -1.65. The average molecular weight is 302 g/mol. The van der Waals surface area contributed by atoms with E-state index in [1.807, 2.05) is 11.4 Å². The van der Waals surface area contributed by atoms with Gasteiger partial charge in [0.1, 0.15) is 0 Å². The molecule has 0 aliphatic heterocycles. The molecular formula is C17H22N2OS. The lowest BCUT2D eigenvalue weighted by atomic mass is 9.99. The Morgan fingerprint density at radius 1 is 1.24 bits per heavy atom. The Bertz CT molecular complexity index is 561. The van der Waals surface area contributed by atoms with Gasteiger partial charge in [0, 0.05) is 4.88 Å². The molecule has 1 aromatic carbocycles. The zero-order valence-electron chi connectivity index (χ0n) is 12.5. The molecule has 4 heteroatoms. The van der Waals surface area contributed by atoms with E-state index >= 15 is 0 Å². The van der Waals surface area contributed by atoms with Crippen LogP contribution in [0.1, 0.15) is 35.9 Å². The van der Waals surface area contributed by atoms with Crippen molar-refractivity contribution in [2.24, 2.45) is 11.7 Å². The lowest BCUT2D eigenvalue weighted by Crippen LogP contribution is -2.31. The summed E-state index contributed by atoms with van der Waals surface area (Å²) in [6, 6.07) is 12.7. The molecule has 0 aliphatic rings. The van der Waals surface area contributed by atoms with E-state index in [1.165, 1.54) is 10.4 Å². The van der Waals surface area contributed by atoms with Gasteiger partial charge >= 0.3 is 0 Å². The van der Waals surface area contributed by atoms with Crippen LogP contribution in [0.3, 0.4) is 0 Å². The highest BCUT2D eigenvalue weighted by Gasteiger charge is 2.15. The number of carbonyl (C=O) groups is 1. The predicted octanol–water partition coefficient (Wildman–Crippen LogP) is 3.11. The number of carbonyl (C=O) groups excluding carboxylic acids is 1. The fraction of sp³-hybridized carbons (Fsp3) is 0.353. The standard InChI is InChI=1S/C17H22N2OS/c1-12(2)10-13-5-7-14(8-6-13)17(19-11-16(18)20)15-4-3-9-21-15/h3-9,12,17,19H,10-11H2,1-2H3,(H2,18,20)/t17-/m1/s1. The topological polar surface area (TPSA) is 55.1 Å². The summed E-state index contributed by atoms with van der Waals surface area (Å²) in [5.41, 5.74) is 7.75. The minimum Gasteiger partial charge on any atom is -0.369 e. The van der Waals surface area contributed by atoms with Gasteiger partial charge in [-0.3, -0.25) is 10.1 Å². The Balaban J connectivity index is 2.18. The van der Waals surface area contributed by atoms with Crippen LogP contribution in [0.25, 0.3) is 0 Å². The maximum absolute atomic E-state index is 11.0. The quantitative estimate of drug-likeness (QED) is 0.825. The number of thiophene rings is 1. The summed E-state index contributed by atoms with van der Waals surface area (Å²) in [6.07, 6.45) is 1.08. The van der Waals surface area contributed by atoms with Gasteiger partial charge in [-0.25, -0.2) is 0 Å². The second-order valence-corrected chi connectivity index (χ2v) is 6.61. The van der Waals surface area contributed by atoms with Crippen molar-refractivity contribution in [3.8, 4) is 0 Å². The lowest BCUT2D eigenvalue weighted by Gasteiger charge is -2.18. The van der Waals surface area contributed by atoms with Crippen molar-refractivity contribution in [3.05, 3.63) is 57.8 Å². The number of rotatable bonds is 7. The molecule has 0 spiro atoms. The maximum atomic E-state index is 11.0. The highest BCUT2D eigenvalue weighted by atomic mass is 32.1. The summed E-state index contributed by atoms with van der Waals surface area (Å²) in [5.74, 6) is 0.310. The van der Waals surface area contributed by atoms with E-state index in [4.69, 9.17) is 5.73 Å². The molecule has 0 saturated carbocycles. The molecule has 21 heavy (non-hydrogen) atoms. The number of benzene rings is 1. The van der Waals surface area contributed by atoms with E-state index in [-0.39, 0.29) is 18.5 Å². The summed E-state index contributed by atoms with van der Waals surface area (Å²) in [7, 11) is 0. The fourth-order valence-corrected chi connectivity index (χ4v) is 3.19. The molecule has 2 rings (SSSR count). The van der Waals surface area contributed by atoms with Crippen molar-refractivity contribution >= 4 is 17.2 Å². The van der Waals surface area contributed by atoms with Gasteiger partial charge in [-0.05, 0) is 34.9 Å². The maximum Gasteiger partial charge on any atom is 0.231 e. The molecule has 0 fully saturated rings. The van der Waals surface area contributed by atoms with Crippen LogP contribution in [0.5, 0.6) is 0 Å². The van der Waals surface area contributed by atoms with Gasteiger partial charge in [-0.1, -0.05) is 44.2 Å². The molecule has 1 heterocycles. The van der Waals surface area contributed by atoms with E-state index in [0.717, 1.165) is 12.0 Å². The van der Waals surface area contributed by atoms with Crippen molar-refractivity contribution in [1.82, 2.24) is 5.32 Å². The zero-order chi connectivity index (χ0) is 15.2. The third-order valence-corrected chi connectivity index (χ3v) is 4.20. The second-order valence-electron chi connectivity index (χ2n) is 5.64. The SMILES string of the molecule is CC(C)Cc1ccc([C@@H](NCC(N)=O)c2cccs2)cc1. The van der Waals surface area contributed by atoms with Gasteiger partial charge < -0.3 is 5.73 Å². The van der Waals surface area contributed by atoms with E-state index in [9.17, 15) is 4.79 Å². The summed E-state index contributed by atoms with van der Waals surface area (Å²) in [6.45, 7) is 4.61. The van der Waals surface area contributed by atoms with Crippen LogP contribution < -0.4 is 11.1 Å². The molecular weight excluding hydrogens is 280 g/mol. The number of hydrogen-bond acceptors (Lipinski definition) is 3. The first-order chi connectivity index (χ1) is 10.1. The molecule has 1 atom stereocenters. The van der Waals surface area contributed by atoms with Crippen LogP contribution in [-0.2, 0) is 11.2 Å². The molecule has 3 nitrogen and oxygen atoms in total. The second kappa shape index (κ2) is 7.38. The van der Waals surface area contributed by atoms with Crippen LogP contribution in [0, 0.1) is 5.92 Å². The highest BCUT2D eigenvalue weighted by molar-refractivity contribution is 7.10. The Morgan fingerprint density at radius 3 is 2.48 bits per heavy atom. The lowest BCUT2D eigenvalue weighted by molar-refractivity contribution is -0.117. The van der Waals surface area contributed by atoms with Crippen molar-refractivity contribution in [2.45, 2.75) is 26.3 Å². The zero-order valence-corrected chi connectivity index (χ0v) is 13.3. The minimum absolute atomic E-state index is 0.0191. The Labute approximate surface area is 130 Å². The van der Waals surface area contributed by atoms with Crippen molar-refractivity contribution < 1.29 is 4.79 Å². The van der Waals surface area contributed by atoms with E-state index in [2.05, 4.69) is 49.5 Å². The first-order valence-electron chi connectivity index (χ1n) is 7.20. The molecule has 1 aromatic heterocycles. The van der Waals surface area contributed by atoms with Gasteiger partial charge in [0.05, 0.1) is 12.6 Å². The van der Waals surface area contributed by atoms with Gasteiger partial charge in [-0.2, -0.15) is 0 Å². The molecule has 0 saturated heterocycles. The molecule has 0 unspecified atom stereocenters. The number of primary amides is 1. The summed E-state index contributed by atoms with van der Waals surface area (Å²) >= 11 is 1.68. The van der Waals surface area contributed by atoms with E-state index < -0.39 is 0 Å². The summed E-state index contributed by atoms with van der Waals surface area (Å²) < 4.78 is 0. The molecule has 3 N–H and O–H groups in total. The van der Waals surface area contributed by atoms with Crippen LogP contribution in [0.4, 0.5) is 0 Å². The van der Waals surface area contributed by atoms with Crippen molar-refractivity contribution in [1.29, 1.82) is 0 Å². The van der Waals surface area contributed by atoms with Gasteiger partial charge in [-0.15, -0.1) is 11.3 Å². The van der Waals surface area contributed by atoms with Crippen LogP contribution >= 0.6 is 11.3 Å². The van der Waals surface area contributed by atoms with Crippen LogP contribution in [-0.4, -0.2) is 12.5 Å². The van der Waals surface area contributed by atoms with E-state index in [1.54, 1.807) is 11.3 Å². The highest BCUT2D eigenvalue weighted by Crippen LogP contribution is 2.26. The average Bonchev–Trinajstić information content (AvgIpc) is 2.94. The summed E-state index contributed by atoms with van der Waals surface area (Å²) in [4.78, 5) is 12.2. The number of nitrogens with one attached hydrogen (secondary N) is 1. The predicted molar refractivity (Wildman–Crippen MR) is 88.3 cm³/mol. The largest absolute Gasteiger partial charge is 0.369 e. The molecule has 2 aromatic rings. The molecule has 112 valence electrons. The van der Waals surface area contributed by atoms with Crippen LogP contribution in [0.2, 0.25) is 0 Å². The Morgan fingerprint density at radius 2 is 1.95 bits per heavy atom. The fourth-order valence-electron chi connectivity index (χ4n) is 2.36. The molecule has 1 amide bonds. The molecule has 0 bridgehead atoms. The first kappa shape index (κ1) is 15.7. The third-order valence-electron chi connectivity index (χ3n) is 3.27. The monoisotopic (exact) mass is 302 g/mol. The van der Waals surface area contributed by atoms with Crippen LogP contribution in [0.15, 0.2) is 41.8 Å². The van der Waals surface area contributed by atoms with Gasteiger partial charge in [0.25, 0.3) is 0 Å². The first-order valence-corrected chi connectivity index (χ1v) is 8.08. The minimum atomic E-state index is -0.340. The normalized spacial score (nSPS) is 12.5. The van der Waals surface area contributed by atoms with Crippen molar-refractivity contribution in [2.75, 3.05) is 6.54 Å². The van der Waals surface area contributed by atoms with Crippen molar-refractivity contribution in [3.63, 3.8) is 0 Å². The van der Waals surface area contributed by atoms with Gasteiger partial charge in [0.2, 0.25) is 5.91 Å². The van der Waals surface area contributed by atoms with Gasteiger partial charge in [0.15, 0.2) is 0 Å².